The highest BCUT2D eigenvalue weighted by molar-refractivity contribution is 7.89. The van der Waals surface area contributed by atoms with E-state index in [1.807, 2.05) is 33.8 Å². The van der Waals surface area contributed by atoms with Crippen LogP contribution in [0.15, 0.2) is 41.7 Å². The molecule has 0 saturated heterocycles. The smallest absolute Gasteiger partial charge is 0.241 e. The zero-order chi connectivity index (χ0) is 18.9. The summed E-state index contributed by atoms with van der Waals surface area (Å²) in [6.07, 6.45) is 5.01. The molecule has 136 valence electrons. The van der Waals surface area contributed by atoms with E-state index in [9.17, 15) is 8.42 Å². The van der Waals surface area contributed by atoms with Crippen molar-refractivity contribution in [3.05, 3.63) is 64.7 Å². The highest BCUT2D eigenvalue weighted by Crippen LogP contribution is 2.26. The molecule has 0 aliphatic heterocycles. The summed E-state index contributed by atoms with van der Waals surface area (Å²) in [6, 6.07) is 5.60. The number of aromatic nitrogens is 4. The number of hydrogen-bond donors (Lipinski definition) is 1. The molecule has 0 bridgehead atoms. The molecule has 0 aliphatic carbocycles. The molecular formula is C18H21N5O2S. The van der Waals surface area contributed by atoms with Crippen LogP contribution in [0.2, 0.25) is 0 Å². The van der Waals surface area contributed by atoms with E-state index in [4.69, 9.17) is 0 Å². The van der Waals surface area contributed by atoms with E-state index >= 15 is 0 Å². The molecule has 0 amide bonds. The van der Waals surface area contributed by atoms with Crippen LogP contribution in [0, 0.1) is 27.7 Å². The summed E-state index contributed by atoms with van der Waals surface area (Å²) < 4.78 is 29.9. The maximum absolute atomic E-state index is 12.9. The lowest BCUT2D eigenvalue weighted by atomic mass is 10.0. The van der Waals surface area contributed by atoms with Gasteiger partial charge in [0, 0.05) is 12.4 Å². The van der Waals surface area contributed by atoms with Crippen LogP contribution in [-0.2, 0) is 16.6 Å². The Labute approximate surface area is 153 Å². The Balaban J connectivity index is 1.83. The second-order valence-electron chi connectivity index (χ2n) is 6.27. The second kappa shape index (κ2) is 6.97. The van der Waals surface area contributed by atoms with Gasteiger partial charge in [-0.2, -0.15) is 0 Å². The van der Waals surface area contributed by atoms with Gasteiger partial charge in [0.15, 0.2) is 0 Å². The lowest BCUT2D eigenvalue weighted by Crippen LogP contribution is -2.25. The fourth-order valence-corrected chi connectivity index (χ4v) is 4.44. The van der Waals surface area contributed by atoms with Crippen molar-refractivity contribution in [3.8, 4) is 5.69 Å². The molecule has 2 heterocycles. The molecule has 1 aromatic carbocycles. The van der Waals surface area contributed by atoms with Crippen LogP contribution in [0.3, 0.4) is 0 Å². The van der Waals surface area contributed by atoms with Gasteiger partial charge in [0.1, 0.15) is 0 Å². The average molecular weight is 371 g/mol. The Morgan fingerprint density at radius 2 is 1.65 bits per heavy atom. The van der Waals surface area contributed by atoms with Crippen molar-refractivity contribution in [2.24, 2.45) is 0 Å². The summed E-state index contributed by atoms with van der Waals surface area (Å²) in [5.41, 5.74) is 4.78. The third-order valence-electron chi connectivity index (χ3n) is 4.48. The topological polar surface area (TPSA) is 89.8 Å². The highest BCUT2D eigenvalue weighted by atomic mass is 32.2. The molecule has 8 heteroatoms. The zero-order valence-electron chi connectivity index (χ0n) is 15.2. The number of hydrogen-bond acceptors (Lipinski definition) is 5. The first kappa shape index (κ1) is 18.2. The Kier molecular flexibility index (Phi) is 4.88. The number of nitrogens with one attached hydrogen (secondary N) is 1. The van der Waals surface area contributed by atoms with Crippen LogP contribution in [-0.4, -0.2) is 28.4 Å². The van der Waals surface area contributed by atoms with E-state index in [0.29, 0.717) is 10.6 Å². The van der Waals surface area contributed by atoms with Gasteiger partial charge in [-0.25, -0.2) is 17.8 Å². The fraction of sp³-hybridized carbons (Fsp3) is 0.278. The van der Waals surface area contributed by atoms with Gasteiger partial charge in [0.05, 0.1) is 29.0 Å². The minimum Gasteiger partial charge on any atom is -0.265 e. The van der Waals surface area contributed by atoms with E-state index in [1.165, 1.54) is 0 Å². The van der Waals surface area contributed by atoms with E-state index in [0.717, 1.165) is 27.9 Å². The molecule has 1 N–H and O–H groups in total. The lowest BCUT2D eigenvalue weighted by molar-refractivity contribution is 0.578. The van der Waals surface area contributed by atoms with E-state index in [-0.39, 0.29) is 6.54 Å². The molecule has 0 atom stereocenters. The van der Waals surface area contributed by atoms with E-state index < -0.39 is 10.0 Å². The minimum atomic E-state index is -3.66. The molecule has 0 spiro atoms. The van der Waals surface area contributed by atoms with Crippen molar-refractivity contribution in [1.29, 1.82) is 0 Å². The van der Waals surface area contributed by atoms with Crippen molar-refractivity contribution in [3.63, 3.8) is 0 Å². The van der Waals surface area contributed by atoms with Crippen LogP contribution < -0.4 is 4.72 Å². The molecule has 0 aliphatic rings. The third-order valence-corrected chi connectivity index (χ3v) is 6.15. The number of rotatable bonds is 5. The SMILES string of the molecule is Cc1cc(C)c(C)c(S(=O)(=O)NCc2cn(-c3ccncc3)nn2)c1C. The molecule has 3 rings (SSSR count). The molecular weight excluding hydrogens is 350 g/mol. The molecule has 2 aromatic heterocycles. The standard InChI is InChI=1S/C18H21N5O2S/c1-12-9-13(2)15(4)18(14(12)3)26(24,25)20-10-16-11-23(22-21-16)17-5-7-19-8-6-17/h5-9,11,20H,10H2,1-4H3. The number of nitrogens with zero attached hydrogens (tertiary/aromatic N) is 4. The van der Waals surface area contributed by atoms with Gasteiger partial charge in [-0.15, -0.1) is 5.10 Å². The average Bonchev–Trinajstić information content (AvgIpc) is 3.08. The minimum absolute atomic E-state index is 0.0687. The van der Waals surface area contributed by atoms with Crippen molar-refractivity contribution in [1.82, 2.24) is 24.7 Å². The summed E-state index contributed by atoms with van der Waals surface area (Å²) in [7, 11) is -3.66. The summed E-state index contributed by atoms with van der Waals surface area (Å²) in [5.74, 6) is 0. The predicted molar refractivity (Wildman–Crippen MR) is 98.6 cm³/mol. The van der Waals surface area contributed by atoms with Gasteiger partial charge in [0.25, 0.3) is 0 Å². The van der Waals surface area contributed by atoms with Crippen LogP contribution in [0.5, 0.6) is 0 Å². The molecule has 0 fully saturated rings. The van der Waals surface area contributed by atoms with Crippen molar-refractivity contribution in [2.45, 2.75) is 39.1 Å². The first-order valence-electron chi connectivity index (χ1n) is 8.18. The Bertz CT molecular complexity index is 1020. The maximum atomic E-state index is 12.9. The lowest BCUT2D eigenvalue weighted by Gasteiger charge is -2.15. The summed E-state index contributed by atoms with van der Waals surface area (Å²) >= 11 is 0. The summed E-state index contributed by atoms with van der Waals surface area (Å²) in [6.45, 7) is 7.56. The van der Waals surface area contributed by atoms with Gasteiger partial charge in [-0.05, 0) is 62.1 Å². The van der Waals surface area contributed by atoms with Crippen molar-refractivity contribution >= 4 is 10.0 Å². The number of aryl methyl sites for hydroxylation is 2. The van der Waals surface area contributed by atoms with Crippen LogP contribution in [0.4, 0.5) is 0 Å². The van der Waals surface area contributed by atoms with Gasteiger partial charge in [0.2, 0.25) is 10.0 Å². The van der Waals surface area contributed by atoms with Crippen LogP contribution in [0.25, 0.3) is 5.69 Å². The molecule has 0 saturated carbocycles. The number of sulfonamides is 1. The van der Waals surface area contributed by atoms with Gasteiger partial charge >= 0.3 is 0 Å². The van der Waals surface area contributed by atoms with Crippen LogP contribution >= 0.6 is 0 Å². The predicted octanol–water partition coefficient (Wildman–Crippen LogP) is 2.37. The molecule has 0 unspecified atom stereocenters. The molecule has 3 aromatic rings. The quantitative estimate of drug-likeness (QED) is 0.744. The number of benzene rings is 1. The van der Waals surface area contributed by atoms with Gasteiger partial charge < -0.3 is 0 Å². The largest absolute Gasteiger partial charge is 0.265 e. The van der Waals surface area contributed by atoms with E-state index in [1.54, 1.807) is 35.4 Å². The highest BCUT2D eigenvalue weighted by Gasteiger charge is 2.22. The summed E-state index contributed by atoms with van der Waals surface area (Å²) in [4.78, 5) is 4.30. The van der Waals surface area contributed by atoms with Gasteiger partial charge in [-0.3, -0.25) is 4.98 Å². The maximum Gasteiger partial charge on any atom is 0.241 e. The Hall–Kier alpha value is -2.58. The van der Waals surface area contributed by atoms with Crippen LogP contribution in [0.1, 0.15) is 27.9 Å². The van der Waals surface area contributed by atoms with E-state index in [2.05, 4.69) is 20.0 Å². The Morgan fingerprint density at radius 3 is 2.27 bits per heavy atom. The zero-order valence-corrected chi connectivity index (χ0v) is 16.0. The molecule has 7 nitrogen and oxygen atoms in total. The monoisotopic (exact) mass is 371 g/mol. The van der Waals surface area contributed by atoms with Crippen molar-refractivity contribution < 1.29 is 8.42 Å². The summed E-state index contributed by atoms with van der Waals surface area (Å²) in [5, 5.41) is 8.06. The Morgan fingerprint density at radius 1 is 1.04 bits per heavy atom. The first-order chi connectivity index (χ1) is 12.3. The molecule has 0 radical (unpaired) electrons. The number of pyridine rings is 1. The third kappa shape index (κ3) is 3.51. The normalized spacial score (nSPS) is 11.7. The second-order valence-corrected chi connectivity index (χ2v) is 7.98. The molecule has 26 heavy (non-hydrogen) atoms. The van der Waals surface area contributed by atoms with Crippen molar-refractivity contribution in [2.75, 3.05) is 0 Å². The van der Waals surface area contributed by atoms with Gasteiger partial charge in [-0.1, -0.05) is 11.3 Å². The first-order valence-corrected chi connectivity index (χ1v) is 9.66. The fourth-order valence-electron chi connectivity index (χ4n) is 2.83.